The van der Waals surface area contributed by atoms with Crippen molar-refractivity contribution < 1.29 is 14.3 Å². The molecule has 6 nitrogen and oxygen atoms in total. The van der Waals surface area contributed by atoms with Crippen molar-refractivity contribution in [2.45, 2.75) is 24.9 Å². The molecular weight excluding hydrogens is 390 g/mol. The lowest BCUT2D eigenvalue weighted by Crippen LogP contribution is -2.59. The van der Waals surface area contributed by atoms with Gasteiger partial charge in [0.05, 0.1) is 18.7 Å². The molecule has 1 aromatic carbocycles. The van der Waals surface area contributed by atoms with Crippen LogP contribution in [0.5, 0.6) is 0 Å². The molecule has 0 N–H and O–H groups in total. The van der Waals surface area contributed by atoms with Crippen molar-refractivity contribution in [3.8, 4) is 0 Å². The fourth-order valence-corrected chi connectivity index (χ4v) is 4.36. The lowest BCUT2D eigenvalue weighted by Gasteiger charge is -2.44. The summed E-state index contributed by atoms with van der Waals surface area (Å²) in [5.74, 6) is -0.599. The summed E-state index contributed by atoms with van der Waals surface area (Å²) in [7, 11) is 1.37. The second-order valence-corrected chi connectivity index (χ2v) is 7.77. The van der Waals surface area contributed by atoms with E-state index in [-0.39, 0.29) is 11.9 Å². The predicted octanol–water partition coefficient (Wildman–Crippen LogP) is 3.40. The highest BCUT2D eigenvalue weighted by molar-refractivity contribution is 5.96. The van der Waals surface area contributed by atoms with Crippen molar-refractivity contribution in [2.24, 2.45) is 0 Å². The topological polar surface area (TPSA) is 62.7 Å². The Morgan fingerprint density at radius 2 is 1.94 bits per heavy atom. The Hall–Kier alpha value is -3.25. The molecule has 160 valence electrons. The smallest absolute Gasteiger partial charge is 0.329 e. The van der Waals surface area contributed by atoms with Crippen LogP contribution in [0.2, 0.25) is 0 Å². The summed E-state index contributed by atoms with van der Waals surface area (Å²) in [5.41, 5.74) is 2.88. The molecule has 1 aliphatic carbocycles. The van der Waals surface area contributed by atoms with E-state index in [9.17, 15) is 9.59 Å². The summed E-state index contributed by atoms with van der Waals surface area (Å²) < 4.78 is 5.08. The molecule has 2 unspecified atom stereocenters. The maximum atomic E-state index is 13.1. The van der Waals surface area contributed by atoms with Gasteiger partial charge in [-0.25, -0.2) is 4.79 Å². The van der Waals surface area contributed by atoms with Gasteiger partial charge in [0, 0.05) is 32.0 Å². The number of carbonyl (C=O) groups excluding carboxylic acids is 2. The lowest BCUT2D eigenvalue weighted by atomic mass is 9.91. The number of pyridine rings is 1. The summed E-state index contributed by atoms with van der Waals surface area (Å²) in [6, 6.07) is 13.1. The number of benzene rings is 1. The summed E-state index contributed by atoms with van der Waals surface area (Å²) in [6.07, 6.45) is 11.9. The van der Waals surface area contributed by atoms with Crippen LogP contribution in [-0.4, -0.2) is 59.4 Å². The largest absolute Gasteiger partial charge is 0.467 e. The van der Waals surface area contributed by atoms with Gasteiger partial charge in [-0.1, -0.05) is 48.6 Å². The Labute approximate surface area is 182 Å². The Kier molecular flexibility index (Phi) is 6.57. The molecule has 1 aliphatic heterocycles. The number of ether oxygens (including phenoxy) is 1. The molecule has 2 atom stereocenters. The van der Waals surface area contributed by atoms with Gasteiger partial charge < -0.3 is 9.64 Å². The fourth-order valence-electron chi connectivity index (χ4n) is 4.36. The molecule has 0 spiro atoms. The first-order valence-corrected chi connectivity index (χ1v) is 10.6. The van der Waals surface area contributed by atoms with Gasteiger partial charge in [-0.3, -0.25) is 14.7 Å². The number of allylic oxidation sites excluding steroid dienone is 2. The molecule has 2 aromatic rings. The zero-order valence-corrected chi connectivity index (χ0v) is 17.7. The van der Waals surface area contributed by atoms with Crippen LogP contribution >= 0.6 is 0 Å². The molecular formula is C25H27N3O3. The van der Waals surface area contributed by atoms with Crippen molar-refractivity contribution in [3.05, 3.63) is 89.8 Å². The molecule has 2 aliphatic rings. The summed E-state index contributed by atoms with van der Waals surface area (Å²) in [5, 5.41) is 0. The number of rotatable bonds is 5. The third kappa shape index (κ3) is 4.59. The Morgan fingerprint density at radius 1 is 1.10 bits per heavy atom. The molecule has 6 heteroatoms. The zero-order valence-electron chi connectivity index (χ0n) is 17.7. The Bertz CT molecular complexity index is 972. The second kappa shape index (κ2) is 9.71. The van der Waals surface area contributed by atoms with Crippen LogP contribution in [0, 0.1) is 0 Å². The maximum Gasteiger partial charge on any atom is 0.329 e. The molecule has 0 radical (unpaired) electrons. The van der Waals surface area contributed by atoms with Gasteiger partial charge in [0.25, 0.3) is 5.91 Å². The van der Waals surface area contributed by atoms with E-state index in [0.717, 1.165) is 12.8 Å². The van der Waals surface area contributed by atoms with E-state index in [1.165, 1.54) is 24.4 Å². The van der Waals surface area contributed by atoms with Gasteiger partial charge in [0.2, 0.25) is 0 Å². The average Bonchev–Trinajstić information content (AvgIpc) is 2.85. The van der Waals surface area contributed by atoms with Crippen LogP contribution in [0.25, 0.3) is 0 Å². The number of carbonyl (C=O) groups is 2. The molecule has 1 amide bonds. The van der Waals surface area contributed by atoms with Gasteiger partial charge in [-0.2, -0.15) is 0 Å². The van der Waals surface area contributed by atoms with Crippen LogP contribution in [0.15, 0.2) is 78.7 Å². The number of piperazine rings is 1. The van der Waals surface area contributed by atoms with E-state index < -0.39 is 12.0 Å². The average molecular weight is 418 g/mol. The number of amides is 1. The van der Waals surface area contributed by atoms with E-state index >= 15 is 0 Å². The minimum Gasteiger partial charge on any atom is -0.467 e. The third-order valence-electron chi connectivity index (χ3n) is 5.87. The first kappa shape index (κ1) is 21.0. The SMILES string of the molecule is COC(=O)C1CN(C(C2=CCCC=C2)c2ccccc2)CCN1C(=O)c1cccnc1. The van der Waals surface area contributed by atoms with Crippen molar-refractivity contribution in [1.29, 1.82) is 0 Å². The highest BCUT2D eigenvalue weighted by Gasteiger charge is 2.39. The molecule has 0 bridgehead atoms. The quantitative estimate of drug-likeness (QED) is 0.698. The van der Waals surface area contributed by atoms with Gasteiger partial charge >= 0.3 is 5.97 Å². The molecule has 2 heterocycles. The van der Waals surface area contributed by atoms with Crippen LogP contribution < -0.4 is 0 Å². The van der Waals surface area contributed by atoms with Crippen molar-refractivity contribution >= 4 is 11.9 Å². The summed E-state index contributed by atoms with van der Waals surface area (Å²) >= 11 is 0. The van der Waals surface area contributed by atoms with E-state index in [1.807, 2.05) is 18.2 Å². The molecule has 1 fully saturated rings. The molecule has 31 heavy (non-hydrogen) atoms. The highest BCUT2D eigenvalue weighted by atomic mass is 16.5. The van der Waals surface area contributed by atoms with E-state index in [1.54, 1.807) is 23.2 Å². The standard InChI is InChI=1S/C25H27N3O3/c1-31-25(30)22-18-27(15-16-28(22)24(29)21-13-8-14-26-17-21)23(19-9-4-2-5-10-19)20-11-6-3-7-12-20/h2,4-6,8-14,17,22-23H,3,7,15-16,18H2,1H3. The number of esters is 1. The molecule has 4 rings (SSSR count). The Morgan fingerprint density at radius 3 is 2.61 bits per heavy atom. The van der Waals surface area contributed by atoms with Crippen LogP contribution in [-0.2, 0) is 9.53 Å². The van der Waals surface area contributed by atoms with Gasteiger partial charge in [-0.15, -0.1) is 0 Å². The predicted molar refractivity (Wildman–Crippen MR) is 118 cm³/mol. The number of nitrogens with zero attached hydrogens (tertiary/aromatic N) is 3. The lowest BCUT2D eigenvalue weighted by molar-refractivity contribution is -0.148. The van der Waals surface area contributed by atoms with Gasteiger partial charge in [0.15, 0.2) is 0 Å². The van der Waals surface area contributed by atoms with Gasteiger partial charge in [-0.05, 0) is 36.1 Å². The zero-order chi connectivity index (χ0) is 21.6. The molecule has 0 saturated carbocycles. The van der Waals surface area contributed by atoms with Crippen LogP contribution in [0.4, 0.5) is 0 Å². The Balaban J connectivity index is 1.63. The minimum absolute atomic E-state index is 0.0283. The van der Waals surface area contributed by atoms with Crippen molar-refractivity contribution in [3.63, 3.8) is 0 Å². The first-order valence-electron chi connectivity index (χ1n) is 10.6. The number of aromatic nitrogens is 1. The monoisotopic (exact) mass is 417 g/mol. The first-order chi connectivity index (χ1) is 15.2. The van der Waals surface area contributed by atoms with E-state index in [0.29, 0.717) is 25.2 Å². The second-order valence-electron chi connectivity index (χ2n) is 7.77. The van der Waals surface area contributed by atoms with Crippen LogP contribution in [0.3, 0.4) is 0 Å². The summed E-state index contributed by atoms with van der Waals surface area (Å²) in [6.45, 7) is 1.50. The van der Waals surface area contributed by atoms with Gasteiger partial charge in [0.1, 0.15) is 6.04 Å². The maximum absolute atomic E-state index is 13.1. The van der Waals surface area contributed by atoms with Crippen molar-refractivity contribution in [1.82, 2.24) is 14.8 Å². The highest BCUT2D eigenvalue weighted by Crippen LogP contribution is 2.33. The number of methoxy groups -OCH3 is 1. The van der Waals surface area contributed by atoms with E-state index in [2.05, 4.69) is 40.2 Å². The fraction of sp³-hybridized carbons (Fsp3) is 0.320. The number of hydrogen-bond acceptors (Lipinski definition) is 5. The number of hydrogen-bond donors (Lipinski definition) is 0. The van der Waals surface area contributed by atoms with Crippen LogP contribution in [0.1, 0.15) is 34.8 Å². The normalized spacial score (nSPS) is 20.1. The third-order valence-corrected chi connectivity index (χ3v) is 5.87. The van der Waals surface area contributed by atoms with Crippen molar-refractivity contribution in [2.75, 3.05) is 26.7 Å². The molecule has 1 saturated heterocycles. The minimum atomic E-state index is -0.675. The molecule has 1 aromatic heterocycles. The summed E-state index contributed by atoms with van der Waals surface area (Å²) in [4.78, 5) is 33.8. The van der Waals surface area contributed by atoms with E-state index in [4.69, 9.17) is 4.74 Å².